The van der Waals surface area contributed by atoms with E-state index in [-0.39, 0.29) is 11.7 Å². The maximum absolute atomic E-state index is 13.7. The SMILES string of the molecule is CCn1c2ccc(C(=O)C3=C(Cl)C(=S)C(Cc4ccccc4)C=C3)cc2c2cc(C(C)=NOC(C)=O)ccc21. The molecule has 0 amide bonds. The number of aryl methyl sites for hydroxylation is 1. The number of aromatic nitrogens is 1. The van der Waals surface area contributed by atoms with Gasteiger partial charge in [-0.05, 0) is 61.7 Å². The van der Waals surface area contributed by atoms with E-state index < -0.39 is 5.97 Å². The van der Waals surface area contributed by atoms with E-state index in [1.54, 1.807) is 13.0 Å². The number of oxime groups is 1. The van der Waals surface area contributed by atoms with Gasteiger partial charge in [0.2, 0.25) is 0 Å². The standard InChI is InChI=1S/C32H27ClN2O3S/c1-4-35-28-14-11-22(19(2)34-38-20(3)36)17-26(28)27-18-23(12-15-29(27)35)31(37)25-13-10-24(32(39)30(25)33)16-21-8-6-5-7-9-21/h5-15,17-18,24H,4,16H2,1-3H3. The molecule has 0 radical (unpaired) electrons. The molecule has 1 aromatic heterocycles. The number of rotatable bonds is 7. The molecule has 5 nitrogen and oxygen atoms in total. The Labute approximate surface area is 237 Å². The number of nitrogens with zero attached hydrogens (tertiary/aromatic N) is 2. The van der Waals surface area contributed by atoms with Crippen molar-refractivity contribution in [2.24, 2.45) is 11.1 Å². The molecule has 0 saturated carbocycles. The second-order valence-corrected chi connectivity index (χ2v) is 10.4. The first-order chi connectivity index (χ1) is 18.8. The van der Waals surface area contributed by atoms with Crippen LogP contribution in [-0.2, 0) is 22.6 Å². The average molecular weight is 555 g/mol. The highest BCUT2D eigenvalue weighted by atomic mass is 35.5. The molecule has 0 spiro atoms. The molecule has 1 unspecified atom stereocenters. The number of fused-ring (bicyclic) bond motifs is 3. The molecule has 0 saturated heterocycles. The van der Waals surface area contributed by atoms with E-state index in [9.17, 15) is 9.59 Å². The molecule has 3 aromatic carbocycles. The third-order valence-electron chi connectivity index (χ3n) is 7.00. The molecule has 1 atom stereocenters. The van der Waals surface area contributed by atoms with Gasteiger partial charge in [0.05, 0.1) is 10.7 Å². The topological polar surface area (TPSA) is 60.7 Å². The van der Waals surface area contributed by atoms with E-state index in [1.165, 1.54) is 12.5 Å². The Hall–Kier alpha value is -3.87. The van der Waals surface area contributed by atoms with Gasteiger partial charge < -0.3 is 9.40 Å². The smallest absolute Gasteiger partial charge is 0.331 e. The minimum atomic E-state index is -0.475. The van der Waals surface area contributed by atoms with E-state index in [4.69, 9.17) is 28.7 Å². The summed E-state index contributed by atoms with van der Waals surface area (Å²) in [5, 5.41) is 6.20. The highest BCUT2D eigenvalue weighted by Crippen LogP contribution is 2.33. The van der Waals surface area contributed by atoms with E-state index in [1.807, 2.05) is 60.7 Å². The van der Waals surface area contributed by atoms with Crippen LogP contribution in [-0.4, -0.2) is 26.9 Å². The minimum absolute atomic E-state index is 0.0354. The zero-order valence-electron chi connectivity index (χ0n) is 21.9. The molecule has 1 aliphatic rings. The molecule has 1 heterocycles. The fraction of sp³-hybridized carbons (Fsp3) is 0.188. The van der Waals surface area contributed by atoms with Crippen LogP contribution in [0.3, 0.4) is 0 Å². The first-order valence-electron chi connectivity index (χ1n) is 12.8. The number of Topliss-reactive ketones (excluding diaryl/α,β-unsaturated/α-hetero) is 1. The van der Waals surface area contributed by atoms with Crippen molar-refractivity contribution in [1.82, 2.24) is 4.57 Å². The number of halogens is 1. The lowest BCUT2D eigenvalue weighted by Crippen LogP contribution is -2.20. The van der Waals surface area contributed by atoms with E-state index >= 15 is 0 Å². The Bertz CT molecular complexity index is 1730. The van der Waals surface area contributed by atoms with Crippen molar-refractivity contribution >= 4 is 68.0 Å². The fourth-order valence-electron chi connectivity index (χ4n) is 5.02. The van der Waals surface area contributed by atoms with Crippen LogP contribution in [0.4, 0.5) is 0 Å². The fourth-order valence-corrected chi connectivity index (χ4v) is 5.59. The first-order valence-corrected chi connectivity index (χ1v) is 13.6. The lowest BCUT2D eigenvalue weighted by Gasteiger charge is -2.20. The molecule has 4 aromatic rings. The predicted octanol–water partition coefficient (Wildman–Crippen LogP) is 7.58. The third-order valence-corrected chi connectivity index (χ3v) is 8.03. The largest absolute Gasteiger partial charge is 0.341 e. The summed E-state index contributed by atoms with van der Waals surface area (Å²) in [4.78, 5) is 30.3. The molecule has 1 aliphatic carbocycles. The number of allylic oxidation sites excluding steroid dienone is 4. The summed E-state index contributed by atoms with van der Waals surface area (Å²) in [6.07, 6.45) is 4.52. The summed E-state index contributed by atoms with van der Waals surface area (Å²) < 4.78 is 2.21. The van der Waals surface area contributed by atoms with Gasteiger partial charge in [0, 0.05) is 57.2 Å². The number of carbonyl (C=O) groups is 2. The number of benzene rings is 3. The van der Waals surface area contributed by atoms with Gasteiger partial charge in [-0.3, -0.25) is 4.79 Å². The van der Waals surface area contributed by atoms with Gasteiger partial charge in [-0.1, -0.05) is 77.5 Å². The van der Waals surface area contributed by atoms with Crippen LogP contribution in [0, 0.1) is 5.92 Å². The van der Waals surface area contributed by atoms with Gasteiger partial charge in [-0.2, -0.15) is 0 Å². The van der Waals surface area contributed by atoms with Crippen LogP contribution >= 0.6 is 23.8 Å². The second-order valence-electron chi connectivity index (χ2n) is 9.54. The summed E-state index contributed by atoms with van der Waals surface area (Å²) in [6.45, 7) is 5.95. The lowest BCUT2D eigenvalue weighted by atomic mass is 9.88. The molecule has 7 heteroatoms. The van der Waals surface area contributed by atoms with Crippen molar-refractivity contribution in [3.05, 3.63) is 106 Å². The van der Waals surface area contributed by atoms with Crippen LogP contribution in [0.1, 0.15) is 42.3 Å². The number of ketones is 1. The van der Waals surface area contributed by atoms with Crippen molar-refractivity contribution in [3.8, 4) is 0 Å². The third kappa shape index (κ3) is 5.22. The Kier molecular flexibility index (Phi) is 7.60. The molecular formula is C32H27ClN2O3S. The van der Waals surface area contributed by atoms with E-state index in [0.29, 0.717) is 26.7 Å². The van der Waals surface area contributed by atoms with Gasteiger partial charge in [-0.25, -0.2) is 4.79 Å². The molecule has 5 rings (SSSR count). The van der Waals surface area contributed by atoms with Crippen molar-refractivity contribution in [2.75, 3.05) is 0 Å². The molecule has 196 valence electrons. The molecule has 0 aliphatic heterocycles. The molecular weight excluding hydrogens is 528 g/mol. The van der Waals surface area contributed by atoms with Gasteiger partial charge in [-0.15, -0.1) is 0 Å². The number of thiocarbonyl (C=S) groups is 1. The minimum Gasteiger partial charge on any atom is -0.341 e. The zero-order chi connectivity index (χ0) is 27.7. The van der Waals surface area contributed by atoms with Crippen molar-refractivity contribution in [1.29, 1.82) is 0 Å². The molecule has 0 bridgehead atoms. The van der Waals surface area contributed by atoms with Crippen LogP contribution in [0.15, 0.2) is 94.6 Å². The summed E-state index contributed by atoms with van der Waals surface area (Å²) in [5.74, 6) is -0.677. The van der Waals surface area contributed by atoms with Crippen molar-refractivity contribution in [3.63, 3.8) is 0 Å². The Morgan fingerprint density at radius 2 is 1.62 bits per heavy atom. The van der Waals surface area contributed by atoms with Crippen LogP contribution in [0.2, 0.25) is 0 Å². The average Bonchev–Trinajstić information content (AvgIpc) is 3.26. The molecule has 0 fully saturated rings. The van der Waals surface area contributed by atoms with Crippen molar-refractivity contribution < 1.29 is 14.4 Å². The maximum atomic E-state index is 13.7. The number of hydrogen-bond donors (Lipinski definition) is 0. The van der Waals surface area contributed by atoms with E-state index in [2.05, 4.69) is 28.8 Å². The van der Waals surface area contributed by atoms with E-state index in [0.717, 1.165) is 40.3 Å². The van der Waals surface area contributed by atoms with Crippen LogP contribution < -0.4 is 0 Å². The van der Waals surface area contributed by atoms with Crippen LogP contribution in [0.5, 0.6) is 0 Å². The summed E-state index contributed by atoms with van der Waals surface area (Å²) in [7, 11) is 0. The summed E-state index contributed by atoms with van der Waals surface area (Å²) in [6, 6.07) is 21.8. The van der Waals surface area contributed by atoms with Gasteiger partial charge in [0.15, 0.2) is 5.78 Å². The van der Waals surface area contributed by atoms with Gasteiger partial charge in [0.25, 0.3) is 0 Å². The first kappa shape index (κ1) is 26.7. The highest BCUT2D eigenvalue weighted by Gasteiger charge is 2.26. The molecule has 0 N–H and O–H groups in total. The maximum Gasteiger partial charge on any atom is 0.331 e. The van der Waals surface area contributed by atoms with Gasteiger partial charge in [0.1, 0.15) is 0 Å². The molecule has 39 heavy (non-hydrogen) atoms. The van der Waals surface area contributed by atoms with Crippen molar-refractivity contribution in [2.45, 2.75) is 33.7 Å². The lowest BCUT2D eigenvalue weighted by molar-refractivity contribution is -0.140. The zero-order valence-corrected chi connectivity index (χ0v) is 23.5. The number of carbonyl (C=O) groups excluding carboxylic acids is 2. The second kappa shape index (κ2) is 11.1. The normalized spacial score (nSPS) is 15.8. The Balaban J connectivity index is 1.51. The highest BCUT2D eigenvalue weighted by molar-refractivity contribution is 7.81. The quantitative estimate of drug-likeness (QED) is 0.0776. The monoisotopic (exact) mass is 554 g/mol. The van der Waals surface area contributed by atoms with Gasteiger partial charge >= 0.3 is 5.97 Å². The number of hydrogen-bond acceptors (Lipinski definition) is 5. The predicted molar refractivity (Wildman–Crippen MR) is 162 cm³/mol. The van der Waals surface area contributed by atoms with Crippen LogP contribution in [0.25, 0.3) is 21.8 Å². The Morgan fingerprint density at radius 3 is 2.26 bits per heavy atom. The Morgan fingerprint density at radius 1 is 0.974 bits per heavy atom. The summed E-state index contributed by atoms with van der Waals surface area (Å²) in [5.41, 5.74) is 5.59. The summed E-state index contributed by atoms with van der Waals surface area (Å²) >= 11 is 12.4.